The van der Waals surface area contributed by atoms with Crippen LogP contribution in [0.2, 0.25) is 0 Å². The van der Waals surface area contributed by atoms with Crippen LogP contribution in [0, 0.1) is 0 Å². The normalized spacial score (nSPS) is 15.7. The van der Waals surface area contributed by atoms with Crippen LogP contribution in [0.15, 0.2) is 18.3 Å². The van der Waals surface area contributed by atoms with Crippen molar-refractivity contribution in [3.63, 3.8) is 0 Å². The molecular formula is C19H34N4O. The third-order valence-corrected chi connectivity index (χ3v) is 4.71. The number of piperazine rings is 1. The number of aromatic nitrogens is 1. The summed E-state index contributed by atoms with van der Waals surface area (Å²) in [5, 5.41) is 12.2. The Morgan fingerprint density at radius 1 is 1.04 bits per heavy atom. The highest BCUT2D eigenvalue weighted by Gasteiger charge is 2.19. The van der Waals surface area contributed by atoms with Gasteiger partial charge in [0, 0.05) is 45.5 Å². The lowest BCUT2D eigenvalue weighted by atomic mass is 10.1. The Morgan fingerprint density at radius 3 is 2.46 bits per heavy atom. The molecule has 0 bridgehead atoms. The van der Waals surface area contributed by atoms with Crippen LogP contribution in [0.4, 0.5) is 11.5 Å². The van der Waals surface area contributed by atoms with Crippen molar-refractivity contribution < 1.29 is 5.11 Å². The van der Waals surface area contributed by atoms with Crippen molar-refractivity contribution in [2.24, 2.45) is 0 Å². The third-order valence-electron chi connectivity index (χ3n) is 4.71. The highest BCUT2D eigenvalue weighted by atomic mass is 16.2. The van der Waals surface area contributed by atoms with Crippen LogP contribution in [-0.4, -0.2) is 60.9 Å². The molecule has 0 aromatic carbocycles. The van der Waals surface area contributed by atoms with Gasteiger partial charge in [0.15, 0.2) is 5.82 Å². The van der Waals surface area contributed by atoms with E-state index in [0.29, 0.717) is 6.61 Å². The zero-order valence-corrected chi connectivity index (χ0v) is 15.2. The van der Waals surface area contributed by atoms with Gasteiger partial charge in [-0.05, 0) is 38.4 Å². The van der Waals surface area contributed by atoms with Gasteiger partial charge in [-0.1, -0.05) is 25.7 Å². The molecule has 1 aromatic rings. The summed E-state index contributed by atoms with van der Waals surface area (Å²) in [7, 11) is 0. The highest BCUT2D eigenvalue weighted by Crippen LogP contribution is 2.23. The minimum Gasteiger partial charge on any atom is -0.396 e. The maximum absolute atomic E-state index is 8.77. The van der Waals surface area contributed by atoms with Gasteiger partial charge in [0.1, 0.15) is 0 Å². The number of aliphatic hydroxyl groups is 1. The van der Waals surface area contributed by atoms with E-state index in [4.69, 9.17) is 5.11 Å². The Balaban J connectivity index is 1.65. The molecule has 5 nitrogen and oxygen atoms in total. The van der Waals surface area contributed by atoms with Crippen molar-refractivity contribution in [2.45, 2.75) is 45.4 Å². The highest BCUT2D eigenvalue weighted by molar-refractivity contribution is 5.65. The first-order valence-corrected chi connectivity index (χ1v) is 9.62. The molecule has 24 heavy (non-hydrogen) atoms. The first-order chi connectivity index (χ1) is 11.8. The first-order valence-electron chi connectivity index (χ1n) is 9.62. The molecule has 0 saturated carbocycles. The lowest BCUT2D eigenvalue weighted by Crippen LogP contribution is -2.47. The number of nitrogens with one attached hydrogen (secondary N) is 1. The van der Waals surface area contributed by atoms with Gasteiger partial charge in [-0.2, -0.15) is 0 Å². The van der Waals surface area contributed by atoms with E-state index in [1.165, 1.54) is 38.6 Å². The number of rotatable bonds is 11. The Hall–Kier alpha value is -1.33. The van der Waals surface area contributed by atoms with Gasteiger partial charge in [-0.15, -0.1) is 0 Å². The minimum atomic E-state index is 0.343. The largest absolute Gasteiger partial charge is 0.396 e. The fourth-order valence-electron chi connectivity index (χ4n) is 3.31. The first kappa shape index (κ1) is 19.0. The molecule has 2 heterocycles. The Bertz CT molecular complexity index is 447. The molecule has 1 aromatic heterocycles. The molecule has 0 radical (unpaired) electrons. The third kappa shape index (κ3) is 6.29. The molecule has 5 heteroatoms. The van der Waals surface area contributed by atoms with Gasteiger partial charge >= 0.3 is 0 Å². The van der Waals surface area contributed by atoms with E-state index in [1.54, 1.807) is 0 Å². The van der Waals surface area contributed by atoms with E-state index >= 15 is 0 Å². The van der Waals surface area contributed by atoms with Gasteiger partial charge in [-0.3, -0.25) is 4.90 Å². The zero-order chi connectivity index (χ0) is 17.0. The molecule has 2 N–H and O–H groups in total. The summed E-state index contributed by atoms with van der Waals surface area (Å²) in [5.41, 5.74) is 1.15. The number of hydrogen-bond donors (Lipinski definition) is 2. The van der Waals surface area contributed by atoms with Crippen molar-refractivity contribution in [1.82, 2.24) is 9.88 Å². The van der Waals surface area contributed by atoms with E-state index in [1.807, 2.05) is 12.3 Å². The molecule has 1 aliphatic heterocycles. The predicted molar refractivity (Wildman–Crippen MR) is 102 cm³/mol. The maximum atomic E-state index is 8.77. The van der Waals surface area contributed by atoms with Crippen molar-refractivity contribution in [3.05, 3.63) is 18.3 Å². The van der Waals surface area contributed by atoms with Gasteiger partial charge < -0.3 is 15.3 Å². The fourth-order valence-corrected chi connectivity index (χ4v) is 3.31. The lowest BCUT2D eigenvalue weighted by molar-refractivity contribution is 0.250. The minimum absolute atomic E-state index is 0.343. The van der Waals surface area contributed by atoms with E-state index in [9.17, 15) is 0 Å². The summed E-state index contributed by atoms with van der Waals surface area (Å²) in [6, 6.07) is 4.12. The molecule has 1 saturated heterocycles. The average Bonchev–Trinajstić information content (AvgIpc) is 2.62. The molecular weight excluding hydrogens is 300 g/mol. The van der Waals surface area contributed by atoms with Gasteiger partial charge in [-0.25, -0.2) is 4.98 Å². The van der Waals surface area contributed by atoms with Gasteiger partial charge in [0.25, 0.3) is 0 Å². The summed E-state index contributed by atoms with van der Waals surface area (Å²) < 4.78 is 0. The molecule has 0 unspecified atom stereocenters. The molecule has 0 amide bonds. The van der Waals surface area contributed by atoms with Crippen LogP contribution in [0.3, 0.4) is 0 Å². The molecule has 1 fully saturated rings. The number of aliphatic hydroxyl groups excluding tert-OH is 1. The number of pyridine rings is 1. The standard InChI is InChI=1S/C19H34N4O/c1-2-20-18-10-9-11-21-19(18)23-15-13-22(14-16-23)12-7-5-3-4-6-8-17-24/h9-11,20,24H,2-8,12-17H2,1H3. The van der Waals surface area contributed by atoms with Crippen molar-refractivity contribution in [2.75, 3.05) is 56.1 Å². The van der Waals surface area contributed by atoms with Crippen LogP contribution in [0.1, 0.15) is 45.4 Å². The summed E-state index contributed by atoms with van der Waals surface area (Å²) >= 11 is 0. The monoisotopic (exact) mass is 334 g/mol. The molecule has 136 valence electrons. The Kier molecular flexibility index (Phi) is 8.92. The second kappa shape index (κ2) is 11.3. The SMILES string of the molecule is CCNc1cccnc1N1CCN(CCCCCCCCO)CC1. The van der Waals surface area contributed by atoms with E-state index in [-0.39, 0.29) is 0 Å². The molecule has 0 atom stereocenters. The van der Waals surface area contributed by atoms with Crippen LogP contribution in [0.5, 0.6) is 0 Å². The summed E-state index contributed by atoms with van der Waals surface area (Å²) in [4.78, 5) is 9.57. The zero-order valence-electron chi connectivity index (χ0n) is 15.2. The second-order valence-corrected chi connectivity index (χ2v) is 6.58. The molecule has 1 aliphatic rings. The summed E-state index contributed by atoms with van der Waals surface area (Å²) in [5.74, 6) is 1.10. The maximum Gasteiger partial charge on any atom is 0.152 e. The van der Waals surface area contributed by atoms with E-state index in [2.05, 4.69) is 33.1 Å². The predicted octanol–water partition coefficient (Wildman–Crippen LogP) is 2.97. The van der Waals surface area contributed by atoms with Gasteiger partial charge in [0.2, 0.25) is 0 Å². The van der Waals surface area contributed by atoms with Crippen LogP contribution < -0.4 is 10.2 Å². The van der Waals surface area contributed by atoms with E-state index < -0.39 is 0 Å². The second-order valence-electron chi connectivity index (χ2n) is 6.58. The quantitative estimate of drug-likeness (QED) is 0.609. The summed E-state index contributed by atoms with van der Waals surface area (Å²) in [6.07, 6.45) is 9.21. The molecule has 0 aliphatic carbocycles. The van der Waals surface area contributed by atoms with Crippen molar-refractivity contribution >= 4 is 11.5 Å². The summed E-state index contributed by atoms with van der Waals surface area (Å²) in [6.45, 7) is 9.00. The molecule has 2 rings (SSSR count). The Morgan fingerprint density at radius 2 is 1.75 bits per heavy atom. The van der Waals surface area contributed by atoms with Crippen molar-refractivity contribution in [3.8, 4) is 0 Å². The van der Waals surface area contributed by atoms with Crippen LogP contribution in [0.25, 0.3) is 0 Å². The lowest BCUT2D eigenvalue weighted by Gasteiger charge is -2.36. The number of unbranched alkanes of at least 4 members (excludes halogenated alkanes) is 5. The fraction of sp³-hybridized carbons (Fsp3) is 0.737. The smallest absolute Gasteiger partial charge is 0.152 e. The topological polar surface area (TPSA) is 51.6 Å². The average molecular weight is 335 g/mol. The van der Waals surface area contributed by atoms with Crippen LogP contribution in [-0.2, 0) is 0 Å². The van der Waals surface area contributed by atoms with Gasteiger partial charge in [0.05, 0.1) is 5.69 Å². The molecule has 0 spiro atoms. The number of anilines is 2. The number of hydrogen-bond acceptors (Lipinski definition) is 5. The van der Waals surface area contributed by atoms with Crippen LogP contribution >= 0.6 is 0 Å². The van der Waals surface area contributed by atoms with E-state index in [0.717, 1.165) is 50.6 Å². The Labute approximate surface area is 147 Å². The number of nitrogens with zero attached hydrogens (tertiary/aromatic N) is 3. The van der Waals surface area contributed by atoms with Crippen molar-refractivity contribution in [1.29, 1.82) is 0 Å².